The van der Waals surface area contributed by atoms with Crippen LogP contribution < -0.4 is 29.1 Å². The Balaban J connectivity index is 1.33. The molecule has 6 aromatic carbocycles. The third-order valence-corrected chi connectivity index (χ3v) is 8.52. The van der Waals surface area contributed by atoms with Gasteiger partial charge in [0, 0.05) is 17.7 Å². The summed E-state index contributed by atoms with van der Waals surface area (Å²) in [5.74, 6) is 2.08. The molecule has 54 heavy (non-hydrogen) atoms. The third kappa shape index (κ3) is 9.00. The summed E-state index contributed by atoms with van der Waals surface area (Å²) in [5, 5.41) is 0.235. The molecule has 0 saturated carbocycles. The molecule has 7 nitrogen and oxygen atoms in total. The van der Waals surface area contributed by atoms with E-state index in [0.717, 1.165) is 27.8 Å². The fourth-order valence-electron chi connectivity index (χ4n) is 5.78. The van der Waals surface area contributed by atoms with Crippen LogP contribution in [0.1, 0.15) is 29.2 Å². The zero-order valence-electron chi connectivity index (χ0n) is 30.0. The van der Waals surface area contributed by atoms with E-state index >= 15 is 0 Å². The van der Waals surface area contributed by atoms with Gasteiger partial charge >= 0.3 is 0 Å². The fourth-order valence-corrected chi connectivity index (χ4v) is 5.78. The highest BCUT2D eigenvalue weighted by Gasteiger charge is 2.23. The van der Waals surface area contributed by atoms with Crippen molar-refractivity contribution in [1.82, 2.24) is 0 Å². The normalized spacial score (nSPS) is 10.8. The highest BCUT2D eigenvalue weighted by Crippen LogP contribution is 2.40. The Morgan fingerprint density at radius 1 is 0.537 bits per heavy atom. The summed E-state index contributed by atoms with van der Waals surface area (Å²) >= 11 is 0. The summed E-state index contributed by atoms with van der Waals surface area (Å²) in [6, 6.07) is 48.2. The van der Waals surface area contributed by atoms with E-state index in [1.54, 1.807) is 12.1 Å². The van der Waals surface area contributed by atoms with E-state index in [-0.39, 0.29) is 41.1 Å². The molecule has 270 valence electrons. The Bertz CT molecular complexity index is 2370. The van der Waals surface area contributed by atoms with E-state index in [1.165, 1.54) is 0 Å². The fraction of sp³-hybridized carbons (Fsp3) is 0.128. The molecular formula is C47H40O7. The average molecular weight is 717 g/mol. The average Bonchev–Trinajstić information content (AvgIpc) is 3.21. The van der Waals surface area contributed by atoms with E-state index in [9.17, 15) is 4.79 Å². The minimum Gasteiger partial charge on any atom is -0.489 e. The lowest BCUT2D eigenvalue weighted by Gasteiger charge is -2.17. The Hall–Kier alpha value is -6.73. The second-order valence-electron chi connectivity index (χ2n) is 12.9. The van der Waals surface area contributed by atoms with Gasteiger partial charge in [0.25, 0.3) is 0 Å². The molecule has 0 spiro atoms. The Morgan fingerprint density at radius 3 is 1.57 bits per heavy atom. The van der Waals surface area contributed by atoms with Gasteiger partial charge in [0.15, 0.2) is 17.3 Å². The largest absolute Gasteiger partial charge is 0.489 e. The topological polar surface area (TPSA) is 76.4 Å². The van der Waals surface area contributed by atoms with Crippen molar-refractivity contribution in [3.8, 4) is 40.1 Å². The number of fused-ring (bicyclic) bond motifs is 1. The third-order valence-electron chi connectivity index (χ3n) is 8.52. The molecule has 0 unspecified atom stereocenters. The standard InChI is InChI=1S/C47H40O7/c1-33(2)28-50-42-26-39(49-29-34-15-7-3-8-16-34)27-43-44(42)45(48)47(53-32-37-21-13-6-14-22-37)46(54-43)38-23-24-40(51-30-35-17-9-4-10-18-35)41(25-38)52-31-36-19-11-5-12-20-36/h3-27H,1,28-32H2,2H3. The van der Waals surface area contributed by atoms with E-state index in [0.29, 0.717) is 48.4 Å². The van der Waals surface area contributed by atoms with Crippen LogP contribution in [-0.4, -0.2) is 6.61 Å². The quantitative estimate of drug-likeness (QED) is 0.0922. The molecule has 7 rings (SSSR count). The Labute approximate surface area is 314 Å². The maximum atomic E-state index is 14.6. The number of ether oxygens (including phenoxy) is 5. The van der Waals surface area contributed by atoms with Gasteiger partial charge in [-0.3, -0.25) is 4.79 Å². The smallest absolute Gasteiger partial charge is 0.239 e. The van der Waals surface area contributed by atoms with E-state index in [2.05, 4.69) is 6.58 Å². The minimum absolute atomic E-state index is 0.0384. The van der Waals surface area contributed by atoms with Crippen LogP contribution in [0.2, 0.25) is 0 Å². The van der Waals surface area contributed by atoms with Crippen LogP contribution in [-0.2, 0) is 26.4 Å². The van der Waals surface area contributed by atoms with E-state index in [4.69, 9.17) is 28.1 Å². The van der Waals surface area contributed by atoms with Crippen molar-refractivity contribution in [1.29, 1.82) is 0 Å². The summed E-state index contributed by atoms with van der Waals surface area (Å²) in [7, 11) is 0. The summed E-state index contributed by atoms with van der Waals surface area (Å²) in [6.07, 6.45) is 0. The second kappa shape index (κ2) is 17.2. The van der Waals surface area contributed by atoms with Crippen LogP contribution in [0.4, 0.5) is 0 Å². The first-order chi connectivity index (χ1) is 26.5. The number of hydrogen-bond acceptors (Lipinski definition) is 7. The molecule has 0 atom stereocenters. The van der Waals surface area contributed by atoms with E-state index < -0.39 is 0 Å². The highest BCUT2D eigenvalue weighted by atomic mass is 16.5. The first-order valence-corrected chi connectivity index (χ1v) is 17.7. The van der Waals surface area contributed by atoms with Crippen molar-refractivity contribution in [3.05, 3.63) is 196 Å². The van der Waals surface area contributed by atoms with Gasteiger partial charge in [-0.1, -0.05) is 128 Å². The predicted molar refractivity (Wildman–Crippen MR) is 211 cm³/mol. The number of rotatable bonds is 16. The lowest BCUT2D eigenvalue weighted by Crippen LogP contribution is -2.12. The molecule has 0 aliphatic carbocycles. The SMILES string of the molecule is C=C(C)COc1cc(OCc2ccccc2)cc2oc(-c3ccc(OCc4ccccc4)c(OCc4ccccc4)c3)c(OCc3ccccc3)c(=O)c12. The highest BCUT2D eigenvalue weighted by molar-refractivity contribution is 5.89. The maximum absolute atomic E-state index is 14.6. The van der Waals surface area contributed by atoms with Gasteiger partial charge in [0.1, 0.15) is 55.5 Å². The monoisotopic (exact) mass is 716 g/mol. The molecule has 0 radical (unpaired) electrons. The molecule has 1 heterocycles. The van der Waals surface area contributed by atoms with Gasteiger partial charge in [-0.15, -0.1) is 0 Å². The van der Waals surface area contributed by atoms with Crippen molar-refractivity contribution in [3.63, 3.8) is 0 Å². The number of hydrogen-bond donors (Lipinski definition) is 0. The molecule has 1 aromatic heterocycles. The maximum Gasteiger partial charge on any atom is 0.239 e. The summed E-state index contributed by atoms with van der Waals surface area (Å²) < 4.78 is 38.1. The predicted octanol–water partition coefficient (Wildman–Crippen LogP) is 10.7. The molecule has 7 heteroatoms. The lowest BCUT2D eigenvalue weighted by atomic mass is 10.1. The Kier molecular flexibility index (Phi) is 11.4. The van der Waals surface area contributed by atoms with Crippen LogP contribution >= 0.6 is 0 Å². The van der Waals surface area contributed by atoms with Gasteiger partial charge in [-0.05, 0) is 52.9 Å². The lowest BCUT2D eigenvalue weighted by molar-refractivity contribution is 0.256. The minimum atomic E-state index is -0.385. The van der Waals surface area contributed by atoms with Crippen LogP contribution in [0.15, 0.2) is 173 Å². The Morgan fingerprint density at radius 2 is 1.04 bits per heavy atom. The number of benzene rings is 6. The van der Waals surface area contributed by atoms with Gasteiger partial charge in [-0.25, -0.2) is 0 Å². The van der Waals surface area contributed by atoms with Gasteiger partial charge in [0.05, 0.1) is 0 Å². The zero-order chi connectivity index (χ0) is 37.1. The molecule has 0 aliphatic heterocycles. The molecular weight excluding hydrogens is 677 g/mol. The molecule has 7 aromatic rings. The summed E-state index contributed by atoms with van der Waals surface area (Å²) in [5.41, 5.74) is 5.14. The van der Waals surface area contributed by atoms with Crippen LogP contribution in [0.25, 0.3) is 22.3 Å². The molecule has 0 saturated heterocycles. The first-order valence-electron chi connectivity index (χ1n) is 17.7. The van der Waals surface area contributed by atoms with Crippen LogP contribution in [0, 0.1) is 0 Å². The van der Waals surface area contributed by atoms with Crippen LogP contribution in [0.5, 0.6) is 28.7 Å². The van der Waals surface area contributed by atoms with Gasteiger partial charge < -0.3 is 28.1 Å². The molecule has 0 fully saturated rings. The van der Waals surface area contributed by atoms with Crippen molar-refractivity contribution >= 4 is 11.0 Å². The zero-order valence-corrected chi connectivity index (χ0v) is 30.0. The molecule has 0 N–H and O–H groups in total. The summed E-state index contributed by atoms with van der Waals surface area (Å²) in [4.78, 5) is 14.6. The van der Waals surface area contributed by atoms with Gasteiger partial charge in [0.2, 0.25) is 11.2 Å². The van der Waals surface area contributed by atoms with Crippen molar-refractivity contribution in [2.75, 3.05) is 6.61 Å². The summed E-state index contributed by atoms with van der Waals surface area (Å²) in [6.45, 7) is 7.14. The first kappa shape index (κ1) is 35.7. The molecule has 0 amide bonds. The van der Waals surface area contributed by atoms with Crippen LogP contribution in [0.3, 0.4) is 0 Å². The second-order valence-corrected chi connectivity index (χ2v) is 12.9. The van der Waals surface area contributed by atoms with Gasteiger partial charge in [-0.2, -0.15) is 0 Å². The molecule has 0 aliphatic rings. The van der Waals surface area contributed by atoms with Crippen molar-refractivity contribution in [2.24, 2.45) is 0 Å². The molecule has 0 bridgehead atoms. The van der Waals surface area contributed by atoms with Crippen molar-refractivity contribution in [2.45, 2.75) is 33.4 Å². The van der Waals surface area contributed by atoms with E-state index in [1.807, 2.05) is 146 Å². The van der Waals surface area contributed by atoms with Crippen molar-refractivity contribution < 1.29 is 28.1 Å².